The van der Waals surface area contributed by atoms with Gasteiger partial charge in [0.1, 0.15) is 0 Å². The van der Waals surface area contributed by atoms with Gasteiger partial charge in [-0.2, -0.15) is 0 Å². The number of carbonyl (C=O) groups excluding carboxylic acids is 2. The standard InChI is InChI=1S/C27H25N3O2/c31-26-23(20-15-28-22-13-6-5-11-18(20)22)24(27(32)29-26)21-16-30-14-7-3-1-2-4-9-17-10-8-12-19(21)25(17)30/h5-6,8,10-13,15-16,28H,1-4,7,9,14H2,(H,29,31,32). The van der Waals surface area contributed by atoms with Gasteiger partial charge in [0.2, 0.25) is 0 Å². The number of imide groups is 1. The molecule has 0 bridgehead atoms. The van der Waals surface area contributed by atoms with Crippen LogP contribution in [0.3, 0.4) is 0 Å². The third kappa shape index (κ3) is 2.92. The molecular formula is C27H25N3O2. The molecule has 0 saturated carbocycles. The highest BCUT2D eigenvalue weighted by Crippen LogP contribution is 2.39. The Morgan fingerprint density at radius 3 is 2.41 bits per heavy atom. The third-order valence-electron chi connectivity index (χ3n) is 6.89. The molecular weight excluding hydrogens is 398 g/mol. The van der Waals surface area contributed by atoms with E-state index in [0.29, 0.717) is 11.1 Å². The summed E-state index contributed by atoms with van der Waals surface area (Å²) in [5.74, 6) is -0.645. The molecule has 2 aromatic heterocycles. The normalized spacial score (nSPS) is 17.4. The van der Waals surface area contributed by atoms with Gasteiger partial charge in [-0.25, -0.2) is 0 Å². The summed E-state index contributed by atoms with van der Waals surface area (Å²) >= 11 is 0. The number of benzene rings is 2. The molecule has 2 aliphatic rings. The second-order valence-corrected chi connectivity index (χ2v) is 8.85. The van der Waals surface area contributed by atoms with Crippen LogP contribution >= 0.6 is 0 Å². The molecule has 32 heavy (non-hydrogen) atoms. The average Bonchev–Trinajstić information content (AvgIpc) is 3.46. The Hall–Kier alpha value is -3.60. The van der Waals surface area contributed by atoms with E-state index in [1.165, 1.54) is 36.8 Å². The highest BCUT2D eigenvalue weighted by atomic mass is 16.2. The molecule has 5 nitrogen and oxygen atoms in total. The molecule has 0 saturated heterocycles. The van der Waals surface area contributed by atoms with Crippen molar-refractivity contribution in [2.45, 2.75) is 45.1 Å². The molecule has 160 valence electrons. The molecule has 0 spiro atoms. The van der Waals surface area contributed by atoms with E-state index in [0.717, 1.165) is 46.8 Å². The molecule has 0 fully saturated rings. The maximum atomic E-state index is 13.1. The minimum atomic E-state index is -0.329. The number of nitrogens with zero attached hydrogens (tertiary/aromatic N) is 1. The quantitative estimate of drug-likeness (QED) is 0.436. The predicted octanol–water partition coefficient (Wildman–Crippen LogP) is 5.20. The minimum absolute atomic E-state index is 0.316. The maximum Gasteiger partial charge on any atom is 0.259 e. The zero-order chi connectivity index (χ0) is 21.7. The second-order valence-electron chi connectivity index (χ2n) is 8.85. The van der Waals surface area contributed by atoms with Crippen LogP contribution in [0.25, 0.3) is 33.0 Å². The monoisotopic (exact) mass is 423 g/mol. The number of H-pyrrole nitrogens is 1. The van der Waals surface area contributed by atoms with Crippen LogP contribution in [0.4, 0.5) is 0 Å². The number of amides is 2. The number of hydrogen-bond donors (Lipinski definition) is 2. The molecule has 2 aliphatic heterocycles. The molecule has 4 heterocycles. The number of aryl methyl sites for hydroxylation is 2. The fraction of sp³-hybridized carbons (Fsp3) is 0.259. The molecule has 2 amide bonds. The van der Waals surface area contributed by atoms with Gasteiger partial charge in [-0.15, -0.1) is 0 Å². The lowest BCUT2D eigenvalue weighted by Gasteiger charge is -2.12. The molecule has 5 heteroatoms. The lowest BCUT2D eigenvalue weighted by atomic mass is 9.94. The van der Waals surface area contributed by atoms with E-state index in [4.69, 9.17) is 0 Å². The molecule has 0 aliphatic carbocycles. The molecule has 6 rings (SSSR count). The van der Waals surface area contributed by atoms with Crippen molar-refractivity contribution in [3.63, 3.8) is 0 Å². The Bertz CT molecular complexity index is 1420. The number of aromatic amines is 1. The smallest absolute Gasteiger partial charge is 0.259 e. The topological polar surface area (TPSA) is 66.9 Å². The molecule has 2 aromatic carbocycles. The van der Waals surface area contributed by atoms with Crippen molar-refractivity contribution in [1.29, 1.82) is 0 Å². The van der Waals surface area contributed by atoms with Crippen molar-refractivity contribution in [3.8, 4) is 0 Å². The van der Waals surface area contributed by atoms with Crippen LogP contribution in [0.15, 0.2) is 54.9 Å². The van der Waals surface area contributed by atoms with Gasteiger partial charge in [0.05, 0.1) is 16.7 Å². The van der Waals surface area contributed by atoms with Crippen LogP contribution < -0.4 is 5.32 Å². The number of fused-ring (bicyclic) bond motifs is 1. The SMILES string of the molecule is O=C1NC(=O)C(c2cn3c4c(cccc24)CCCCCCC3)=C1c1c[nH]c2ccccc12. The molecule has 2 N–H and O–H groups in total. The Labute approximate surface area is 186 Å². The number of rotatable bonds is 2. The van der Waals surface area contributed by atoms with E-state index < -0.39 is 0 Å². The van der Waals surface area contributed by atoms with E-state index in [-0.39, 0.29) is 11.8 Å². The summed E-state index contributed by atoms with van der Waals surface area (Å²) in [6.07, 6.45) is 11.0. The van der Waals surface area contributed by atoms with Crippen molar-refractivity contribution in [1.82, 2.24) is 14.9 Å². The summed E-state index contributed by atoms with van der Waals surface area (Å²) in [6.45, 7) is 0.929. The third-order valence-corrected chi connectivity index (χ3v) is 6.89. The van der Waals surface area contributed by atoms with E-state index in [9.17, 15) is 9.59 Å². The lowest BCUT2D eigenvalue weighted by molar-refractivity contribution is -0.122. The zero-order valence-corrected chi connectivity index (χ0v) is 17.9. The van der Waals surface area contributed by atoms with Crippen molar-refractivity contribution in [3.05, 3.63) is 71.5 Å². The van der Waals surface area contributed by atoms with E-state index in [1.807, 2.05) is 30.5 Å². The first-order valence-corrected chi connectivity index (χ1v) is 11.5. The van der Waals surface area contributed by atoms with Crippen molar-refractivity contribution >= 4 is 44.8 Å². The van der Waals surface area contributed by atoms with Gasteiger partial charge >= 0.3 is 0 Å². The largest absolute Gasteiger partial charge is 0.361 e. The van der Waals surface area contributed by atoms with E-state index in [1.54, 1.807) is 0 Å². The van der Waals surface area contributed by atoms with Crippen LogP contribution in [0.2, 0.25) is 0 Å². The van der Waals surface area contributed by atoms with Crippen molar-refractivity contribution < 1.29 is 9.59 Å². The first-order valence-electron chi connectivity index (χ1n) is 11.5. The Kier molecular flexibility index (Phi) is 4.49. The van der Waals surface area contributed by atoms with E-state index >= 15 is 0 Å². The molecule has 4 aromatic rings. The van der Waals surface area contributed by atoms with Gasteiger partial charge < -0.3 is 9.55 Å². The molecule has 0 unspecified atom stereocenters. The van der Waals surface area contributed by atoms with Crippen LogP contribution in [-0.2, 0) is 22.6 Å². The van der Waals surface area contributed by atoms with Gasteiger partial charge in [0, 0.05) is 46.4 Å². The Balaban J connectivity index is 1.62. The first kappa shape index (κ1) is 19.1. The number of aromatic nitrogens is 2. The van der Waals surface area contributed by atoms with Gasteiger partial charge in [-0.05, 0) is 30.9 Å². The number of nitrogens with one attached hydrogen (secondary N) is 2. The Morgan fingerprint density at radius 1 is 0.750 bits per heavy atom. The highest BCUT2D eigenvalue weighted by molar-refractivity contribution is 6.50. The Morgan fingerprint density at radius 2 is 1.50 bits per heavy atom. The second kappa shape index (κ2) is 7.52. The summed E-state index contributed by atoms with van der Waals surface area (Å²) in [5.41, 5.74) is 6.05. The summed E-state index contributed by atoms with van der Waals surface area (Å²) in [7, 11) is 0. The summed E-state index contributed by atoms with van der Waals surface area (Å²) in [4.78, 5) is 29.3. The van der Waals surface area contributed by atoms with E-state index in [2.05, 4.69) is 39.3 Å². The van der Waals surface area contributed by atoms with Gasteiger partial charge in [0.15, 0.2) is 0 Å². The number of carbonyl (C=O) groups is 2. The molecule has 0 atom stereocenters. The van der Waals surface area contributed by atoms with Gasteiger partial charge in [-0.3, -0.25) is 14.9 Å². The maximum absolute atomic E-state index is 13.1. The highest BCUT2D eigenvalue weighted by Gasteiger charge is 2.35. The molecule has 0 radical (unpaired) electrons. The minimum Gasteiger partial charge on any atom is -0.361 e. The number of hydrogen-bond acceptors (Lipinski definition) is 2. The predicted molar refractivity (Wildman–Crippen MR) is 127 cm³/mol. The van der Waals surface area contributed by atoms with Crippen LogP contribution in [0.5, 0.6) is 0 Å². The number of para-hydroxylation sites is 2. The van der Waals surface area contributed by atoms with Crippen molar-refractivity contribution in [2.24, 2.45) is 0 Å². The summed E-state index contributed by atoms with van der Waals surface area (Å²) < 4.78 is 2.31. The van der Waals surface area contributed by atoms with Crippen LogP contribution in [0.1, 0.15) is 48.8 Å². The summed E-state index contributed by atoms with van der Waals surface area (Å²) in [5, 5.41) is 4.56. The first-order chi connectivity index (χ1) is 15.7. The lowest BCUT2D eigenvalue weighted by Crippen LogP contribution is -2.22. The van der Waals surface area contributed by atoms with Gasteiger partial charge in [-0.1, -0.05) is 55.7 Å². The summed E-state index contributed by atoms with van der Waals surface area (Å²) in [6, 6.07) is 14.3. The fourth-order valence-electron chi connectivity index (χ4n) is 5.39. The van der Waals surface area contributed by atoms with Gasteiger partial charge in [0.25, 0.3) is 11.8 Å². The zero-order valence-electron chi connectivity index (χ0n) is 17.9. The van der Waals surface area contributed by atoms with Crippen LogP contribution in [-0.4, -0.2) is 21.4 Å². The van der Waals surface area contributed by atoms with Crippen molar-refractivity contribution in [2.75, 3.05) is 0 Å². The average molecular weight is 424 g/mol. The van der Waals surface area contributed by atoms with Crippen LogP contribution in [0, 0.1) is 0 Å². The fourth-order valence-corrected chi connectivity index (χ4v) is 5.39.